The average molecular weight is 362 g/mol. The first kappa shape index (κ1) is 19.7. The number of hydrogen-bond donors (Lipinski definition) is 1. The summed E-state index contributed by atoms with van der Waals surface area (Å²) >= 11 is 0. The second-order valence-corrected chi connectivity index (χ2v) is 5.90. The molecule has 8 heteroatoms. The van der Waals surface area contributed by atoms with Crippen LogP contribution >= 0.6 is 0 Å². The first-order valence-corrected chi connectivity index (χ1v) is 8.21. The van der Waals surface area contributed by atoms with Gasteiger partial charge in [0, 0.05) is 50.8 Å². The summed E-state index contributed by atoms with van der Waals surface area (Å²) in [6, 6.07) is 2.92. The summed E-state index contributed by atoms with van der Waals surface area (Å²) in [5.74, 6) is 1.48. The summed E-state index contributed by atoms with van der Waals surface area (Å²) in [4.78, 5) is 2.05. The van der Waals surface area contributed by atoms with Gasteiger partial charge >= 0.3 is 6.18 Å². The maximum atomic E-state index is 12.9. The van der Waals surface area contributed by atoms with Gasteiger partial charge in [-0.15, -0.1) is 0 Å². The Balaban J connectivity index is 2.43. The zero-order chi connectivity index (χ0) is 18.4. The van der Waals surface area contributed by atoms with E-state index < -0.39 is 18.6 Å². The van der Waals surface area contributed by atoms with Crippen molar-refractivity contribution in [2.75, 3.05) is 47.5 Å². The highest BCUT2D eigenvalue weighted by Crippen LogP contribution is 2.43. The van der Waals surface area contributed by atoms with Gasteiger partial charge < -0.3 is 19.5 Å². The molecule has 0 radical (unpaired) electrons. The molecule has 0 saturated carbocycles. The van der Waals surface area contributed by atoms with E-state index in [9.17, 15) is 13.2 Å². The molecule has 0 aromatic heterocycles. The third-order valence-corrected chi connectivity index (χ3v) is 4.38. The number of halogens is 3. The second kappa shape index (κ2) is 8.62. The molecule has 1 saturated heterocycles. The quantitative estimate of drug-likeness (QED) is 0.808. The third kappa shape index (κ3) is 5.15. The van der Waals surface area contributed by atoms with Crippen LogP contribution in [0.3, 0.4) is 0 Å². The van der Waals surface area contributed by atoms with Crippen molar-refractivity contribution in [1.29, 1.82) is 0 Å². The molecular formula is C17H25F3N2O3. The molecule has 25 heavy (non-hydrogen) atoms. The van der Waals surface area contributed by atoms with Crippen LogP contribution in [0, 0.1) is 0 Å². The van der Waals surface area contributed by atoms with Crippen LogP contribution in [0.5, 0.6) is 17.2 Å². The zero-order valence-corrected chi connectivity index (χ0v) is 14.8. The van der Waals surface area contributed by atoms with Gasteiger partial charge in [-0.1, -0.05) is 0 Å². The van der Waals surface area contributed by atoms with E-state index in [0.717, 1.165) is 13.1 Å². The number of rotatable bonds is 7. The number of nitrogens with one attached hydrogen (secondary N) is 1. The number of hydrogen-bond acceptors (Lipinski definition) is 5. The van der Waals surface area contributed by atoms with E-state index in [1.165, 1.54) is 21.3 Å². The van der Waals surface area contributed by atoms with Crippen molar-refractivity contribution in [1.82, 2.24) is 10.2 Å². The fourth-order valence-electron chi connectivity index (χ4n) is 3.16. The highest BCUT2D eigenvalue weighted by Gasteiger charge is 2.34. The molecule has 1 N–H and O–H groups in total. The molecule has 0 spiro atoms. The lowest BCUT2D eigenvalue weighted by Gasteiger charge is -2.36. The molecule has 1 fully saturated rings. The lowest BCUT2D eigenvalue weighted by atomic mass is 9.96. The second-order valence-electron chi connectivity index (χ2n) is 5.90. The molecule has 0 bridgehead atoms. The van der Waals surface area contributed by atoms with Gasteiger partial charge in [0.1, 0.15) is 17.2 Å². The molecule has 0 unspecified atom stereocenters. The maximum Gasteiger partial charge on any atom is 0.389 e. The molecule has 142 valence electrons. The number of nitrogens with zero attached hydrogens (tertiary/aromatic N) is 1. The van der Waals surface area contributed by atoms with Crippen molar-refractivity contribution < 1.29 is 27.4 Å². The van der Waals surface area contributed by atoms with E-state index in [1.54, 1.807) is 12.1 Å². The van der Waals surface area contributed by atoms with Crippen LogP contribution in [0.15, 0.2) is 12.1 Å². The minimum Gasteiger partial charge on any atom is -0.496 e. The van der Waals surface area contributed by atoms with Crippen molar-refractivity contribution in [3.05, 3.63) is 17.7 Å². The smallest absolute Gasteiger partial charge is 0.389 e. The largest absolute Gasteiger partial charge is 0.496 e. The van der Waals surface area contributed by atoms with Gasteiger partial charge in [-0.05, 0) is 6.42 Å². The molecule has 1 aliphatic rings. The van der Waals surface area contributed by atoms with Gasteiger partial charge in [0.2, 0.25) is 0 Å². The van der Waals surface area contributed by atoms with E-state index in [1.807, 2.05) is 0 Å². The van der Waals surface area contributed by atoms with E-state index in [-0.39, 0.29) is 6.42 Å². The van der Waals surface area contributed by atoms with Gasteiger partial charge in [0.05, 0.1) is 26.9 Å². The predicted molar refractivity (Wildman–Crippen MR) is 88.6 cm³/mol. The van der Waals surface area contributed by atoms with Crippen molar-refractivity contribution in [2.24, 2.45) is 0 Å². The standard InChI is InChI=1S/C17H25F3N2O3/c1-23-12-10-14(24-2)16(15(11-12)25-3)13(4-5-17(18,19)20)22-8-6-21-7-9-22/h10-11,13,21H,4-9H2,1-3H3/t13-/m0/s1. The highest BCUT2D eigenvalue weighted by atomic mass is 19.4. The summed E-state index contributed by atoms with van der Waals surface area (Å²) in [6.07, 6.45) is -5.12. The molecular weight excluding hydrogens is 337 g/mol. The molecule has 2 rings (SSSR count). The van der Waals surface area contributed by atoms with Crippen molar-refractivity contribution in [3.63, 3.8) is 0 Å². The van der Waals surface area contributed by atoms with Crippen LogP contribution in [0.1, 0.15) is 24.4 Å². The van der Waals surface area contributed by atoms with Crippen LogP contribution in [0.2, 0.25) is 0 Å². The van der Waals surface area contributed by atoms with Crippen LogP contribution in [0.25, 0.3) is 0 Å². The summed E-state index contributed by atoms with van der Waals surface area (Å²) in [5.41, 5.74) is 0.636. The van der Waals surface area contributed by atoms with Crippen LogP contribution in [-0.2, 0) is 0 Å². The Morgan fingerprint density at radius 1 is 1.04 bits per heavy atom. The van der Waals surface area contributed by atoms with Crippen LogP contribution in [-0.4, -0.2) is 58.6 Å². The van der Waals surface area contributed by atoms with Crippen molar-refractivity contribution >= 4 is 0 Å². The van der Waals surface area contributed by atoms with Gasteiger partial charge in [-0.25, -0.2) is 0 Å². The summed E-state index contributed by atoms with van der Waals surface area (Å²) in [5, 5.41) is 3.22. The summed E-state index contributed by atoms with van der Waals surface area (Å²) < 4.78 is 54.7. The Kier molecular flexibility index (Phi) is 6.78. The molecule has 1 aromatic carbocycles. The fourth-order valence-corrected chi connectivity index (χ4v) is 3.16. The normalized spacial score (nSPS) is 17.2. The number of methoxy groups -OCH3 is 3. The molecule has 0 aliphatic carbocycles. The van der Waals surface area contributed by atoms with E-state index >= 15 is 0 Å². The lowest BCUT2D eigenvalue weighted by Crippen LogP contribution is -2.45. The van der Waals surface area contributed by atoms with E-state index in [0.29, 0.717) is 35.9 Å². The van der Waals surface area contributed by atoms with Crippen molar-refractivity contribution in [2.45, 2.75) is 25.1 Å². The Morgan fingerprint density at radius 3 is 2.04 bits per heavy atom. The van der Waals surface area contributed by atoms with E-state index in [4.69, 9.17) is 14.2 Å². The Hall–Kier alpha value is -1.67. The topological polar surface area (TPSA) is 43.0 Å². The van der Waals surface area contributed by atoms with Gasteiger partial charge in [-0.2, -0.15) is 13.2 Å². The van der Waals surface area contributed by atoms with Gasteiger partial charge in [0.25, 0.3) is 0 Å². The summed E-state index contributed by atoms with van der Waals surface area (Å²) in [7, 11) is 4.51. The number of benzene rings is 1. The van der Waals surface area contributed by atoms with Crippen LogP contribution < -0.4 is 19.5 Å². The van der Waals surface area contributed by atoms with E-state index in [2.05, 4.69) is 10.2 Å². The van der Waals surface area contributed by atoms with Crippen LogP contribution in [0.4, 0.5) is 13.2 Å². The Labute approximate surface area is 146 Å². The molecule has 1 aromatic rings. The lowest BCUT2D eigenvalue weighted by molar-refractivity contribution is -0.138. The number of alkyl halides is 3. The average Bonchev–Trinajstić information content (AvgIpc) is 2.61. The first-order valence-electron chi connectivity index (χ1n) is 8.21. The molecule has 1 aliphatic heterocycles. The summed E-state index contributed by atoms with van der Waals surface area (Å²) in [6.45, 7) is 2.81. The van der Waals surface area contributed by atoms with Crippen molar-refractivity contribution in [3.8, 4) is 17.2 Å². The van der Waals surface area contributed by atoms with Gasteiger partial charge in [-0.3, -0.25) is 4.90 Å². The molecule has 1 atom stereocenters. The number of piperazine rings is 1. The first-order chi connectivity index (χ1) is 11.9. The SMILES string of the molecule is COc1cc(OC)c([C@H](CCC(F)(F)F)N2CCNCC2)c(OC)c1. The third-order valence-electron chi connectivity index (χ3n) is 4.38. The number of ether oxygens (including phenoxy) is 3. The minimum absolute atomic E-state index is 0.0530. The molecule has 5 nitrogen and oxygen atoms in total. The maximum absolute atomic E-state index is 12.9. The minimum atomic E-state index is -4.21. The monoisotopic (exact) mass is 362 g/mol. The predicted octanol–water partition coefficient (Wildman–Crippen LogP) is 3.00. The zero-order valence-electron chi connectivity index (χ0n) is 14.8. The Bertz CT molecular complexity index is 536. The molecule has 1 heterocycles. The Morgan fingerprint density at radius 2 is 1.60 bits per heavy atom. The fraction of sp³-hybridized carbons (Fsp3) is 0.647. The highest BCUT2D eigenvalue weighted by molar-refractivity contribution is 5.52. The van der Waals surface area contributed by atoms with Gasteiger partial charge in [0.15, 0.2) is 0 Å². The molecule has 0 amide bonds.